The fourth-order valence-electron chi connectivity index (χ4n) is 2.38. The van der Waals surface area contributed by atoms with Crippen LogP contribution in [-0.2, 0) is 6.42 Å². The van der Waals surface area contributed by atoms with Gasteiger partial charge in [-0.25, -0.2) is 0 Å². The van der Waals surface area contributed by atoms with Gasteiger partial charge in [-0.05, 0) is 42.3 Å². The molecule has 0 aliphatic rings. The maximum Gasteiger partial charge on any atom is 0.272 e. The molecule has 3 aromatic rings. The van der Waals surface area contributed by atoms with Crippen molar-refractivity contribution >= 4 is 22.5 Å². The molecule has 0 saturated carbocycles. The Morgan fingerprint density at radius 2 is 1.91 bits per heavy atom. The number of ether oxygens (including phenoxy) is 1. The predicted octanol–water partition coefficient (Wildman–Crippen LogP) is 3.99. The number of hydrogen-bond donors (Lipinski definition) is 2. The molecule has 0 fully saturated rings. The lowest BCUT2D eigenvalue weighted by Crippen LogP contribution is -2.12. The summed E-state index contributed by atoms with van der Waals surface area (Å²) in [5, 5.41) is 3.88. The van der Waals surface area contributed by atoms with Gasteiger partial charge in [0, 0.05) is 22.7 Å². The van der Waals surface area contributed by atoms with Gasteiger partial charge in [-0.15, -0.1) is 0 Å². The number of carbonyl (C=O) groups excluding carboxylic acids is 1. The lowest BCUT2D eigenvalue weighted by molar-refractivity contribution is 0.102. The third-order valence-corrected chi connectivity index (χ3v) is 3.69. The molecular weight excluding hydrogens is 276 g/mol. The van der Waals surface area contributed by atoms with Crippen LogP contribution in [0, 0.1) is 0 Å². The van der Waals surface area contributed by atoms with Crippen molar-refractivity contribution in [2.75, 3.05) is 12.4 Å². The molecule has 0 aliphatic carbocycles. The van der Waals surface area contributed by atoms with Crippen molar-refractivity contribution in [1.29, 1.82) is 0 Å². The van der Waals surface area contributed by atoms with Gasteiger partial charge in [-0.1, -0.05) is 19.1 Å². The summed E-state index contributed by atoms with van der Waals surface area (Å²) in [4.78, 5) is 15.4. The largest absolute Gasteiger partial charge is 0.497 e. The van der Waals surface area contributed by atoms with Gasteiger partial charge in [-0.3, -0.25) is 4.79 Å². The van der Waals surface area contributed by atoms with Crippen molar-refractivity contribution in [2.45, 2.75) is 13.3 Å². The van der Waals surface area contributed by atoms with E-state index in [1.165, 1.54) is 5.56 Å². The number of methoxy groups -OCH3 is 1. The molecule has 0 unspecified atom stereocenters. The molecule has 1 aromatic heterocycles. The third-order valence-electron chi connectivity index (χ3n) is 3.69. The van der Waals surface area contributed by atoms with Crippen LogP contribution in [0.1, 0.15) is 23.0 Å². The first kappa shape index (κ1) is 14.2. The molecule has 0 spiro atoms. The molecule has 4 nitrogen and oxygen atoms in total. The van der Waals surface area contributed by atoms with Crippen LogP contribution in [0.4, 0.5) is 5.69 Å². The maximum absolute atomic E-state index is 12.3. The maximum atomic E-state index is 12.3. The van der Waals surface area contributed by atoms with Crippen molar-refractivity contribution < 1.29 is 9.53 Å². The average Bonchev–Trinajstić information content (AvgIpc) is 2.98. The first-order valence-corrected chi connectivity index (χ1v) is 7.26. The summed E-state index contributed by atoms with van der Waals surface area (Å²) in [5.74, 6) is 0.607. The zero-order valence-corrected chi connectivity index (χ0v) is 12.6. The predicted molar refractivity (Wildman–Crippen MR) is 88.6 cm³/mol. The summed E-state index contributed by atoms with van der Waals surface area (Å²) in [6.45, 7) is 2.10. The summed E-state index contributed by atoms with van der Waals surface area (Å²) in [7, 11) is 1.62. The first-order valence-electron chi connectivity index (χ1n) is 7.26. The Balaban J connectivity index is 1.81. The molecule has 0 atom stereocenters. The van der Waals surface area contributed by atoms with Crippen LogP contribution in [0.5, 0.6) is 5.75 Å². The van der Waals surface area contributed by atoms with E-state index in [1.807, 2.05) is 48.5 Å². The zero-order chi connectivity index (χ0) is 15.5. The summed E-state index contributed by atoms with van der Waals surface area (Å²) in [6, 6.07) is 15.4. The molecule has 4 heteroatoms. The zero-order valence-electron chi connectivity index (χ0n) is 12.6. The third kappa shape index (κ3) is 2.81. The Morgan fingerprint density at radius 1 is 1.14 bits per heavy atom. The number of rotatable bonds is 4. The Labute approximate surface area is 129 Å². The van der Waals surface area contributed by atoms with E-state index in [0.717, 1.165) is 28.8 Å². The number of amides is 1. The fourth-order valence-corrected chi connectivity index (χ4v) is 2.38. The number of aromatic amines is 1. The summed E-state index contributed by atoms with van der Waals surface area (Å²) in [5.41, 5.74) is 3.45. The van der Waals surface area contributed by atoms with Gasteiger partial charge in [0.2, 0.25) is 0 Å². The summed E-state index contributed by atoms with van der Waals surface area (Å²) in [6.07, 6.45) is 0.984. The quantitative estimate of drug-likeness (QED) is 0.764. The molecule has 3 rings (SSSR count). The Hall–Kier alpha value is -2.75. The number of hydrogen-bond acceptors (Lipinski definition) is 2. The van der Waals surface area contributed by atoms with Crippen molar-refractivity contribution in [3.05, 3.63) is 59.8 Å². The molecular formula is C18H18N2O2. The lowest BCUT2D eigenvalue weighted by Gasteiger charge is -2.04. The number of anilines is 1. The number of nitrogens with one attached hydrogen (secondary N) is 2. The Bertz CT molecular complexity index is 804. The second-order valence-corrected chi connectivity index (χ2v) is 5.14. The second kappa shape index (κ2) is 5.93. The van der Waals surface area contributed by atoms with E-state index in [2.05, 4.69) is 17.2 Å². The molecule has 112 valence electrons. The molecule has 0 radical (unpaired) electrons. The van der Waals surface area contributed by atoms with Gasteiger partial charge in [0.15, 0.2) is 0 Å². The van der Waals surface area contributed by atoms with Crippen LogP contribution >= 0.6 is 0 Å². The minimum Gasteiger partial charge on any atom is -0.497 e. The van der Waals surface area contributed by atoms with Gasteiger partial charge < -0.3 is 15.0 Å². The smallest absolute Gasteiger partial charge is 0.272 e. The SMILES string of the molecule is CCc1ccc(NC(=O)c2cc3ccc(OC)cc3[nH]2)cc1. The Morgan fingerprint density at radius 3 is 2.59 bits per heavy atom. The van der Waals surface area contributed by atoms with Crippen LogP contribution in [0.25, 0.3) is 10.9 Å². The van der Waals surface area contributed by atoms with Gasteiger partial charge in [0.05, 0.1) is 7.11 Å². The molecule has 2 aromatic carbocycles. The summed E-state index contributed by atoms with van der Waals surface area (Å²) >= 11 is 0. The van der Waals surface area contributed by atoms with E-state index in [9.17, 15) is 4.79 Å². The first-order chi connectivity index (χ1) is 10.7. The second-order valence-electron chi connectivity index (χ2n) is 5.14. The van der Waals surface area contributed by atoms with Gasteiger partial charge in [0.1, 0.15) is 11.4 Å². The van der Waals surface area contributed by atoms with Gasteiger partial charge >= 0.3 is 0 Å². The van der Waals surface area contributed by atoms with Crippen molar-refractivity contribution in [3.63, 3.8) is 0 Å². The number of benzene rings is 2. The van der Waals surface area contributed by atoms with Crippen LogP contribution in [0.3, 0.4) is 0 Å². The monoisotopic (exact) mass is 294 g/mol. The normalized spacial score (nSPS) is 10.6. The summed E-state index contributed by atoms with van der Waals surface area (Å²) < 4.78 is 5.19. The number of H-pyrrole nitrogens is 1. The van der Waals surface area contributed by atoms with Crippen molar-refractivity contribution in [1.82, 2.24) is 4.98 Å². The highest BCUT2D eigenvalue weighted by Gasteiger charge is 2.10. The van der Waals surface area contributed by atoms with Crippen molar-refractivity contribution in [3.8, 4) is 5.75 Å². The van der Waals surface area contributed by atoms with E-state index in [4.69, 9.17) is 4.74 Å². The van der Waals surface area contributed by atoms with Crippen molar-refractivity contribution in [2.24, 2.45) is 0 Å². The van der Waals surface area contributed by atoms with Crippen LogP contribution < -0.4 is 10.1 Å². The molecule has 2 N–H and O–H groups in total. The van der Waals surface area contributed by atoms with Gasteiger partial charge in [-0.2, -0.15) is 0 Å². The van der Waals surface area contributed by atoms with Crippen LogP contribution in [0.15, 0.2) is 48.5 Å². The van der Waals surface area contributed by atoms with E-state index in [1.54, 1.807) is 7.11 Å². The van der Waals surface area contributed by atoms with Gasteiger partial charge in [0.25, 0.3) is 5.91 Å². The molecule has 0 bridgehead atoms. The highest BCUT2D eigenvalue weighted by molar-refractivity contribution is 6.06. The van der Waals surface area contributed by atoms with E-state index < -0.39 is 0 Å². The molecule has 0 aliphatic heterocycles. The Kier molecular flexibility index (Phi) is 3.83. The van der Waals surface area contributed by atoms with E-state index in [0.29, 0.717) is 5.69 Å². The number of aryl methyl sites for hydroxylation is 1. The lowest BCUT2D eigenvalue weighted by atomic mass is 10.1. The minimum absolute atomic E-state index is 0.153. The van der Waals surface area contributed by atoms with Crippen LogP contribution in [0.2, 0.25) is 0 Å². The average molecular weight is 294 g/mol. The fraction of sp³-hybridized carbons (Fsp3) is 0.167. The van der Waals surface area contributed by atoms with E-state index >= 15 is 0 Å². The molecule has 1 heterocycles. The number of aromatic nitrogens is 1. The highest BCUT2D eigenvalue weighted by Crippen LogP contribution is 2.22. The molecule has 1 amide bonds. The number of fused-ring (bicyclic) bond motifs is 1. The van der Waals surface area contributed by atoms with Crippen LogP contribution in [-0.4, -0.2) is 18.0 Å². The standard InChI is InChI=1S/C18H18N2O2/c1-3-12-4-7-14(8-5-12)19-18(21)17-10-13-6-9-15(22-2)11-16(13)20-17/h4-11,20H,3H2,1-2H3,(H,19,21). The highest BCUT2D eigenvalue weighted by atomic mass is 16.5. The molecule has 22 heavy (non-hydrogen) atoms. The topological polar surface area (TPSA) is 54.1 Å². The van der Waals surface area contributed by atoms with E-state index in [-0.39, 0.29) is 5.91 Å². The molecule has 0 saturated heterocycles. The number of carbonyl (C=O) groups is 1. The minimum atomic E-state index is -0.153.